The summed E-state index contributed by atoms with van der Waals surface area (Å²) in [5.74, 6) is 0. The summed E-state index contributed by atoms with van der Waals surface area (Å²) in [6.07, 6.45) is 1.53. The molecule has 0 saturated carbocycles. The molecule has 104 valence electrons. The molecule has 2 rings (SSSR count). The number of nitrogens with zero attached hydrogens (tertiary/aromatic N) is 1. The van der Waals surface area contributed by atoms with Gasteiger partial charge in [0.25, 0.3) is 0 Å². The highest BCUT2D eigenvalue weighted by atomic mass is 16.6. The molecular weight excluding hydrogens is 240 g/mol. The molecule has 1 aliphatic rings. The molecule has 19 heavy (non-hydrogen) atoms. The highest BCUT2D eigenvalue weighted by Crippen LogP contribution is 2.31. The number of para-hydroxylation sites is 1. The monoisotopic (exact) mass is 262 g/mol. The van der Waals surface area contributed by atoms with E-state index < -0.39 is 5.60 Å². The van der Waals surface area contributed by atoms with Crippen molar-refractivity contribution in [2.75, 3.05) is 11.4 Å². The van der Waals surface area contributed by atoms with Crippen LogP contribution in [0.1, 0.15) is 32.8 Å². The van der Waals surface area contributed by atoms with Crippen molar-refractivity contribution in [3.05, 3.63) is 29.8 Å². The molecular formula is C15H22N2O2. The smallest absolute Gasteiger partial charge is 0.415 e. The fourth-order valence-corrected chi connectivity index (χ4v) is 2.39. The van der Waals surface area contributed by atoms with Crippen molar-refractivity contribution in [3.63, 3.8) is 0 Å². The molecule has 1 amide bonds. The summed E-state index contributed by atoms with van der Waals surface area (Å²) in [4.78, 5) is 14.1. The Bertz CT molecular complexity index is 465. The number of nitrogens with two attached hydrogens (primary N) is 1. The Morgan fingerprint density at radius 3 is 2.74 bits per heavy atom. The number of carbonyl (C=O) groups is 1. The number of aryl methyl sites for hydroxylation is 1. The third kappa shape index (κ3) is 3.07. The maximum atomic E-state index is 12.4. The van der Waals surface area contributed by atoms with Gasteiger partial charge in [-0.15, -0.1) is 0 Å². The highest BCUT2D eigenvalue weighted by molar-refractivity contribution is 5.90. The maximum absolute atomic E-state index is 12.4. The van der Waals surface area contributed by atoms with E-state index >= 15 is 0 Å². The van der Waals surface area contributed by atoms with E-state index in [9.17, 15) is 4.79 Å². The molecule has 0 aliphatic carbocycles. The van der Waals surface area contributed by atoms with Gasteiger partial charge in [0.1, 0.15) is 5.60 Å². The molecule has 0 radical (unpaired) electrons. The third-order valence-corrected chi connectivity index (χ3v) is 3.23. The molecule has 0 fully saturated rings. The Morgan fingerprint density at radius 2 is 2.11 bits per heavy atom. The lowest BCUT2D eigenvalue weighted by atomic mass is 9.96. The van der Waals surface area contributed by atoms with Gasteiger partial charge in [0.2, 0.25) is 0 Å². The molecule has 1 atom stereocenters. The van der Waals surface area contributed by atoms with Crippen LogP contribution in [0, 0.1) is 0 Å². The second kappa shape index (κ2) is 5.21. The van der Waals surface area contributed by atoms with Gasteiger partial charge >= 0.3 is 6.09 Å². The van der Waals surface area contributed by atoms with E-state index in [1.165, 1.54) is 5.56 Å². The van der Waals surface area contributed by atoms with Gasteiger partial charge in [0.15, 0.2) is 0 Å². The minimum Gasteiger partial charge on any atom is -0.443 e. The molecule has 1 aromatic rings. The second-order valence-corrected chi connectivity index (χ2v) is 5.91. The summed E-state index contributed by atoms with van der Waals surface area (Å²) in [7, 11) is 0. The number of benzene rings is 1. The van der Waals surface area contributed by atoms with Crippen LogP contribution in [0.15, 0.2) is 24.3 Å². The summed E-state index contributed by atoms with van der Waals surface area (Å²) in [5, 5.41) is 0. The fraction of sp³-hybridized carbons (Fsp3) is 0.533. The highest BCUT2D eigenvalue weighted by Gasteiger charge is 2.33. The van der Waals surface area contributed by atoms with Gasteiger partial charge in [-0.3, -0.25) is 4.90 Å². The summed E-state index contributed by atoms with van der Waals surface area (Å²) in [6, 6.07) is 7.97. The molecule has 0 unspecified atom stereocenters. The van der Waals surface area contributed by atoms with Crippen molar-refractivity contribution >= 4 is 11.8 Å². The summed E-state index contributed by atoms with van der Waals surface area (Å²) in [5.41, 5.74) is 7.41. The third-order valence-electron chi connectivity index (χ3n) is 3.23. The van der Waals surface area contributed by atoms with Crippen molar-refractivity contribution < 1.29 is 9.53 Å². The Labute approximate surface area is 114 Å². The number of fused-ring (bicyclic) bond motifs is 1. The fourth-order valence-electron chi connectivity index (χ4n) is 2.39. The first-order valence-corrected chi connectivity index (χ1v) is 6.72. The minimum absolute atomic E-state index is 0.0183. The van der Waals surface area contributed by atoms with Crippen LogP contribution < -0.4 is 10.6 Å². The normalized spacial score (nSPS) is 18.9. The Kier molecular flexibility index (Phi) is 3.80. The van der Waals surface area contributed by atoms with Crippen LogP contribution in [0.25, 0.3) is 0 Å². The zero-order valence-electron chi connectivity index (χ0n) is 11.8. The van der Waals surface area contributed by atoms with Crippen LogP contribution >= 0.6 is 0 Å². The zero-order chi connectivity index (χ0) is 14.0. The SMILES string of the molecule is CC(C)(C)OC(=O)N1c2ccccc2CC[C@@H]1CN. The van der Waals surface area contributed by atoms with Crippen LogP contribution in [0.5, 0.6) is 0 Å². The topological polar surface area (TPSA) is 55.6 Å². The van der Waals surface area contributed by atoms with Crippen molar-refractivity contribution in [1.29, 1.82) is 0 Å². The first-order valence-electron chi connectivity index (χ1n) is 6.72. The average Bonchev–Trinajstić information content (AvgIpc) is 2.35. The van der Waals surface area contributed by atoms with Crippen LogP contribution in [-0.4, -0.2) is 24.3 Å². The predicted molar refractivity (Wildman–Crippen MR) is 76.3 cm³/mol. The molecule has 0 spiro atoms. The first kappa shape index (κ1) is 13.9. The first-order chi connectivity index (χ1) is 8.92. The van der Waals surface area contributed by atoms with Crippen molar-refractivity contribution in [1.82, 2.24) is 0 Å². The van der Waals surface area contributed by atoms with E-state index in [1.807, 2.05) is 39.0 Å². The van der Waals surface area contributed by atoms with Crippen LogP contribution in [0.4, 0.5) is 10.5 Å². The van der Waals surface area contributed by atoms with Crippen LogP contribution in [0.2, 0.25) is 0 Å². The van der Waals surface area contributed by atoms with Gasteiger partial charge in [-0.05, 0) is 45.2 Å². The molecule has 4 nitrogen and oxygen atoms in total. The molecule has 0 saturated heterocycles. The van der Waals surface area contributed by atoms with Crippen molar-refractivity contribution in [3.8, 4) is 0 Å². The van der Waals surface area contributed by atoms with Crippen molar-refractivity contribution in [2.45, 2.75) is 45.3 Å². The maximum Gasteiger partial charge on any atom is 0.415 e. The van der Waals surface area contributed by atoms with E-state index in [2.05, 4.69) is 6.07 Å². The Morgan fingerprint density at radius 1 is 1.42 bits per heavy atom. The van der Waals surface area contributed by atoms with Crippen LogP contribution in [-0.2, 0) is 11.2 Å². The predicted octanol–water partition coefficient (Wildman–Crippen LogP) is 2.70. The van der Waals surface area contributed by atoms with E-state index in [0.717, 1.165) is 18.5 Å². The number of anilines is 1. The largest absolute Gasteiger partial charge is 0.443 e. The lowest BCUT2D eigenvalue weighted by Crippen LogP contribution is -2.49. The second-order valence-electron chi connectivity index (χ2n) is 5.91. The quantitative estimate of drug-likeness (QED) is 0.846. The Balaban J connectivity index is 2.32. The lowest BCUT2D eigenvalue weighted by molar-refractivity contribution is 0.0561. The van der Waals surface area contributed by atoms with Crippen LogP contribution in [0.3, 0.4) is 0 Å². The van der Waals surface area contributed by atoms with E-state index in [-0.39, 0.29) is 12.1 Å². The lowest BCUT2D eigenvalue weighted by Gasteiger charge is -2.37. The summed E-state index contributed by atoms with van der Waals surface area (Å²) in [6.45, 7) is 6.07. The van der Waals surface area contributed by atoms with E-state index in [1.54, 1.807) is 4.90 Å². The summed E-state index contributed by atoms with van der Waals surface area (Å²) >= 11 is 0. The molecule has 4 heteroatoms. The van der Waals surface area contributed by atoms with E-state index in [4.69, 9.17) is 10.5 Å². The summed E-state index contributed by atoms with van der Waals surface area (Å²) < 4.78 is 5.50. The van der Waals surface area contributed by atoms with Gasteiger partial charge in [0.05, 0.1) is 11.7 Å². The number of ether oxygens (including phenoxy) is 1. The molecule has 0 bridgehead atoms. The number of carbonyl (C=O) groups excluding carboxylic acids is 1. The number of hydrogen-bond acceptors (Lipinski definition) is 3. The molecule has 1 aliphatic heterocycles. The van der Waals surface area contributed by atoms with Gasteiger partial charge in [-0.1, -0.05) is 18.2 Å². The van der Waals surface area contributed by atoms with Gasteiger partial charge in [0, 0.05) is 6.54 Å². The minimum atomic E-state index is -0.497. The molecule has 1 aromatic carbocycles. The van der Waals surface area contributed by atoms with Gasteiger partial charge in [-0.25, -0.2) is 4.79 Å². The Hall–Kier alpha value is -1.55. The van der Waals surface area contributed by atoms with E-state index in [0.29, 0.717) is 6.54 Å². The van der Waals surface area contributed by atoms with Gasteiger partial charge in [-0.2, -0.15) is 0 Å². The number of rotatable bonds is 1. The molecule has 0 aromatic heterocycles. The van der Waals surface area contributed by atoms with Crippen molar-refractivity contribution in [2.24, 2.45) is 5.73 Å². The van der Waals surface area contributed by atoms with Gasteiger partial charge < -0.3 is 10.5 Å². The average molecular weight is 262 g/mol. The number of hydrogen-bond donors (Lipinski definition) is 1. The molecule has 1 heterocycles. The zero-order valence-corrected chi connectivity index (χ0v) is 11.8. The number of amides is 1. The molecule has 2 N–H and O–H groups in total. The standard InChI is InChI=1S/C15H22N2O2/c1-15(2,3)19-14(18)17-12(10-16)9-8-11-6-4-5-7-13(11)17/h4-7,12H,8-10,16H2,1-3H3/t12-/m1/s1.